The number of rotatable bonds is 14. The number of esters is 1. The molecule has 0 saturated heterocycles. The molecule has 3 aromatic rings. The van der Waals surface area contributed by atoms with Gasteiger partial charge in [-0.1, -0.05) is 51.4 Å². The fraction of sp³-hybridized carbons (Fsp3) is 0.562. The molecule has 0 aliphatic rings. The van der Waals surface area contributed by atoms with Gasteiger partial charge in [0.2, 0.25) is 0 Å². The van der Waals surface area contributed by atoms with E-state index in [4.69, 9.17) is 31.0 Å². The number of aromatic nitrogens is 3. The number of nitrogens with zero attached hydrogens (tertiary/aromatic N) is 2. The summed E-state index contributed by atoms with van der Waals surface area (Å²) in [6.45, 7) is 16.3. The third-order valence-corrected chi connectivity index (χ3v) is 13.0. The molecule has 41 heavy (non-hydrogen) atoms. The van der Waals surface area contributed by atoms with Crippen LogP contribution >= 0.6 is 11.6 Å². The number of allylic oxidation sites excluding steroid dienone is 1. The topological polar surface area (TPSA) is 89.4 Å². The highest BCUT2D eigenvalue weighted by molar-refractivity contribution is 6.74. The molecular formula is C32H48ClN3O4Si. The van der Waals surface area contributed by atoms with Crippen LogP contribution in [0.4, 0.5) is 0 Å². The van der Waals surface area contributed by atoms with Gasteiger partial charge in [-0.25, -0.2) is 4.79 Å². The van der Waals surface area contributed by atoms with Gasteiger partial charge in [-0.05, 0) is 81.3 Å². The minimum absolute atomic E-state index is 0.140. The average Bonchev–Trinajstić information content (AvgIpc) is 3.42. The van der Waals surface area contributed by atoms with Crippen LogP contribution in [0.3, 0.4) is 0 Å². The zero-order chi connectivity index (χ0) is 30.4. The first-order valence-electron chi connectivity index (χ1n) is 14.9. The van der Waals surface area contributed by atoms with E-state index in [2.05, 4.69) is 51.8 Å². The van der Waals surface area contributed by atoms with Crippen LogP contribution in [0, 0.1) is 0 Å². The number of aliphatic hydroxyl groups excluding tert-OH is 1. The number of nitrogens with one attached hydrogen (secondary N) is 1. The fourth-order valence-electron chi connectivity index (χ4n) is 4.91. The van der Waals surface area contributed by atoms with Crippen molar-refractivity contribution in [1.82, 2.24) is 14.8 Å². The van der Waals surface area contributed by atoms with Crippen LogP contribution in [0.25, 0.3) is 28.1 Å². The first kappa shape index (κ1) is 33.1. The molecule has 3 rings (SSSR count). The molecule has 2 heterocycles. The van der Waals surface area contributed by atoms with Gasteiger partial charge in [-0.2, -0.15) is 5.10 Å². The standard InChI is InChI=1S/C32H48ClN3O4Si/c1-9-26-28(25(35-36(26)6)17-13-11-12-14-20-37)27-24(33)19-18-23-22(30(34-29(23)27)31(38)39-10-2)16-15-21-40-41(7,8)32(3,4)5/h13,17-19,34,37H,9-12,14-16,20-21H2,1-8H3/b17-13-. The van der Waals surface area contributed by atoms with E-state index in [-0.39, 0.29) is 17.6 Å². The number of halogens is 1. The maximum atomic E-state index is 13.2. The van der Waals surface area contributed by atoms with Crippen molar-refractivity contribution in [3.63, 3.8) is 0 Å². The number of aromatic amines is 1. The van der Waals surface area contributed by atoms with Crippen molar-refractivity contribution in [3.8, 4) is 11.1 Å². The summed E-state index contributed by atoms with van der Waals surface area (Å²) in [6, 6.07) is 3.91. The van der Waals surface area contributed by atoms with E-state index >= 15 is 0 Å². The van der Waals surface area contributed by atoms with E-state index in [9.17, 15) is 4.79 Å². The molecule has 1 aromatic carbocycles. The Hall–Kier alpha value is -2.39. The fourth-order valence-corrected chi connectivity index (χ4v) is 6.25. The number of H-pyrrole nitrogens is 1. The van der Waals surface area contributed by atoms with Gasteiger partial charge in [0, 0.05) is 42.5 Å². The van der Waals surface area contributed by atoms with Crippen molar-refractivity contribution in [2.45, 2.75) is 91.3 Å². The molecule has 0 saturated carbocycles. The Bertz CT molecular complexity index is 1370. The lowest BCUT2D eigenvalue weighted by Crippen LogP contribution is -2.41. The molecule has 2 N–H and O–H groups in total. The molecule has 0 bridgehead atoms. The zero-order valence-corrected chi connectivity index (χ0v) is 27.9. The van der Waals surface area contributed by atoms with Gasteiger partial charge in [-0.15, -0.1) is 0 Å². The number of unbranched alkanes of at least 4 members (excludes halogenated alkanes) is 2. The van der Waals surface area contributed by atoms with Crippen molar-refractivity contribution in [1.29, 1.82) is 0 Å². The van der Waals surface area contributed by atoms with Crippen LogP contribution in [0.1, 0.15) is 87.7 Å². The Kier molecular flexibility index (Phi) is 11.5. The molecule has 0 aliphatic heterocycles. The number of carbonyl (C=O) groups is 1. The third-order valence-electron chi connectivity index (χ3n) is 8.18. The van der Waals surface area contributed by atoms with Crippen molar-refractivity contribution in [3.05, 3.63) is 45.9 Å². The summed E-state index contributed by atoms with van der Waals surface area (Å²) in [5.74, 6) is -0.364. The minimum atomic E-state index is -1.87. The van der Waals surface area contributed by atoms with E-state index in [0.717, 1.165) is 71.1 Å². The summed E-state index contributed by atoms with van der Waals surface area (Å²) in [5.41, 5.74) is 5.93. The number of aliphatic hydroxyl groups is 1. The highest BCUT2D eigenvalue weighted by Crippen LogP contribution is 2.41. The van der Waals surface area contributed by atoms with Crippen LogP contribution < -0.4 is 0 Å². The van der Waals surface area contributed by atoms with Crippen molar-refractivity contribution in [2.75, 3.05) is 19.8 Å². The van der Waals surface area contributed by atoms with Gasteiger partial charge >= 0.3 is 5.97 Å². The lowest BCUT2D eigenvalue weighted by molar-refractivity contribution is 0.0519. The van der Waals surface area contributed by atoms with Gasteiger partial charge in [-0.3, -0.25) is 4.68 Å². The molecule has 0 aliphatic carbocycles. The predicted molar refractivity (Wildman–Crippen MR) is 172 cm³/mol. The molecule has 226 valence electrons. The van der Waals surface area contributed by atoms with E-state index in [1.54, 1.807) is 0 Å². The Morgan fingerprint density at radius 1 is 1.17 bits per heavy atom. The lowest BCUT2D eigenvalue weighted by Gasteiger charge is -2.36. The quantitative estimate of drug-likeness (QED) is 0.111. The van der Waals surface area contributed by atoms with Gasteiger partial charge in [0.05, 0.1) is 22.8 Å². The Morgan fingerprint density at radius 2 is 1.90 bits per heavy atom. The molecule has 2 aromatic heterocycles. The van der Waals surface area contributed by atoms with Gasteiger partial charge in [0.1, 0.15) is 5.69 Å². The molecule has 0 atom stereocenters. The minimum Gasteiger partial charge on any atom is -0.461 e. The first-order valence-corrected chi connectivity index (χ1v) is 18.1. The van der Waals surface area contributed by atoms with Crippen LogP contribution in [0.5, 0.6) is 0 Å². The average molecular weight is 602 g/mol. The highest BCUT2D eigenvalue weighted by atomic mass is 35.5. The van der Waals surface area contributed by atoms with Crippen LogP contribution in [0.15, 0.2) is 18.2 Å². The second kappa shape index (κ2) is 14.2. The number of aryl methyl sites for hydroxylation is 2. The summed E-state index contributed by atoms with van der Waals surface area (Å²) in [5, 5.41) is 15.6. The van der Waals surface area contributed by atoms with E-state index in [1.807, 2.05) is 36.9 Å². The number of hydrogen-bond donors (Lipinski definition) is 2. The van der Waals surface area contributed by atoms with Gasteiger partial charge < -0.3 is 19.3 Å². The van der Waals surface area contributed by atoms with E-state index in [0.29, 0.717) is 30.4 Å². The predicted octanol–water partition coefficient (Wildman–Crippen LogP) is 8.09. The molecule has 0 spiro atoms. The second-order valence-electron chi connectivity index (χ2n) is 12.1. The number of fused-ring (bicyclic) bond motifs is 1. The summed E-state index contributed by atoms with van der Waals surface area (Å²) in [6.07, 6.45) is 8.91. The smallest absolute Gasteiger partial charge is 0.355 e. The zero-order valence-electron chi connectivity index (χ0n) is 26.1. The first-order chi connectivity index (χ1) is 19.4. The van der Waals surface area contributed by atoms with Crippen molar-refractivity contribution in [2.24, 2.45) is 7.05 Å². The molecule has 0 amide bonds. The number of carbonyl (C=O) groups excluding carboxylic acids is 1. The number of ether oxygens (including phenoxy) is 1. The third kappa shape index (κ3) is 7.52. The maximum Gasteiger partial charge on any atom is 0.355 e. The SMILES string of the molecule is CCOC(=O)c1[nH]c2c(-c3c(/C=C\CCCCO)nn(C)c3CC)c(Cl)ccc2c1CCCO[Si](C)(C)C(C)(C)C. The summed E-state index contributed by atoms with van der Waals surface area (Å²) in [4.78, 5) is 16.6. The van der Waals surface area contributed by atoms with E-state index < -0.39 is 8.32 Å². The monoisotopic (exact) mass is 601 g/mol. The lowest BCUT2D eigenvalue weighted by atomic mass is 9.97. The van der Waals surface area contributed by atoms with Gasteiger partial charge in [0.25, 0.3) is 0 Å². The molecular weight excluding hydrogens is 554 g/mol. The maximum absolute atomic E-state index is 13.2. The molecule has 7 nitrogen and oxygen atoms in total. The van der Waals surface area contributed by atoms with Crippen LogP contribution in [0.2, 0.25) is 23.2 Å². The van der Waals surface area contributed by atoms with E-state index in [1.165, 1.54) is 0 Å². The largest absolute Gasteiger partial charge is 0.461 e. The van der Waals surface area contributed by atoms with Crippen molar-refractivity contribution >= 4 is 42.9 Å². The Balaban J connectivity index is 2.10. The van der Waals surface area contributed by atoms with Crippen LogP contribution in [-0.4, -0.2) is 54.0 Å². The van der Waals surface area contributed by atoms with Crippen LogP contribution in [-0.2, 0) is 29.1 Å². The Morgan fingerprint density at radius 3 is 2.54 bits per heavy atom. The molecule has 0 radical (unpaired) electrons. The summed E-state index contributed by atoms with van der Waals surface area (Å²) >= 11 is 6.93. The summed E-state index contributed by atoms with van der Waals surface area (Å²) in [7, 11) is 0.0828. The number of hydrogen-bond acceptors (Lipinski definition) is 5. The van der Waals surface area contributed by atoms with Gasteiger partial charge in [0.15, 0.2) is 8.32 Å². The Labute approximate surface area is 251 Å². The molecule has 0 fully saturated rings. The normalized spacial score (nSPS) is 12.6. The summed E-state index contributed by atoms with van der Waals surface area (Å²) < 4.78 is 13.8. The molecule has 9 heteroatoms. The second-order valence-corrected chi connectivity index (χ2v) is 17.3. The van der Waals surface area contributed by atoms with Crippen molar-refractivity contribution < 1.29 is 19.1 Å². The molecule has 0 unspecified atom stereocenters. The number of benzene rings is 1. The highest BCUT2D eigenvalue weighted by Gasteiger charge is 2.37.